The van der Waals surface area contributed by atoms with Crippen LogP contribution in [0.5, 0.6) is 0 Å². The molecule has 0 aromatic carbocycles. The predicted molar refractivity (Wildman–Crippen MR) is 404 cm³/mol. The number of phosphoric ester groups is 2. The summed E-state index contributed by atoms with van der Waals surface area (Å²) in [7, 11) is -9.93. The van der Waals surface area contributed by atoms with Crippen molar-refractivity contribution in [1.82, 2.24) is 0 Å². The molecule has 0 radical (unpaired) electrons. The van der Waals surface area contributed by atoms with E-state index in [0.29, 0.717) is 25.7 Å². The Bertz CT molecular complexity index is 1990. The molecule has 0 amide bonds. The molecule has 0 spiro atoms. The van der Waals surface area contributed by atoms with Gasteiger partial charge in [0.1, 0.15) is 19.3 Å². The number of rotatable bonds is 78. The van der Waals surface area contributed by atoms with Crippen LogP contribution in [0.1, 0.15) is 401 Å². The SMILES string of the molecule is CCCCCC/C=C\C=C/CCCCCCCC(=O)O[C@H](COC(=O)CCCCCCCCCCCC)COP(=O)(O)OC[C@H](O)COP(=O)(O)OC[C@@H](COC(=O)CCCCCCCCCCCCCCCC(C)C)OC(=O)CCCCCCCCCCCCCCCCCCCC. The summed E-state index contributed by atoms with van der Waals surface area (Å²) < 4.78 is 68.6. The van der Waals surface area contributed by atoms with Gasteiger partial charge in [0.25, 0.3) is 0 Å². The normalized spacial score (nSPS) is 14.0. The number of esters is 4. The highest BCUT2D eigenvalue weighted by molar-refractivity contribution is 7.47. The molecule has 19 heteroatoms. The zero-order valence-electron chi connectivity index (χ0n) is 64.1. The molecule has 0 fully saturated rings. The summed E-state index contributed by atoms with van der Waals surface area (Å²) in [4.78, 5) is 72.9. The third kappa shape index (κ3) is 73.6. The van der Waals surface area contributed by atoms with Crippen LogP contribution < -0.4 is 0 Å². The van der Waals surface area contributed by atoms with Crippen molar-refractivity contribution in [2.75, 3.05) is 39.6 Å². The summed E-state index contributed by atoms with van der Waals surface area (Å²) in [6.45, 7) is 7.27. The number of hydrogen-bond donors (Lipinski definition) is 3. The summed E-state index contributed by atoms with van der Waals surface area (Å²) in [6, 6.07) is 0. The maximum absolute atomic E-state index is 13.1. The number of allylic oxidation sites excluding steroid dienone is 4. The minimum Gasteiger partial charge on any atom is -0.462 e. The Kier molecular flexibility index (Phi) is 70.7. The van der Waals surface area contributed by atoms with E-state index in [1.54, 1.807) is 0 Å². The number of hydrogen-bond acceptors (Lipinski definition) is 15. The van der Waals surface area contributed by atoms with Gasteiger partial charge in [0.05, 0.1) is 26.4 Å². The van der Waals surface area contributed by atoms with E-state index in [2.05, 4.69) is 58.9 Å². The molecule has 0 bridgehead atoms. The van der Waals surface area contributed by atoms with Crippen molar-refractivity contribution in [2.45, 2.75) is 419 Å². The van der Waals surface area contributed by atoms with E-state index in [1.165, 1.54) is 212 Å². The first-order valence-electron chi connectivity index (χ1n) is 41.0. The van der Waals surface area contributed by atoms with Gasteiger partial charge in [-0.1, -0.05) is 348 Å². The molecule has 2 unspecified atom stereocenters. The number of ether oxygens (including phenoxy) is 4. The van der Waals surface area contributed by atoms with Gasteiger partial charge in [0.15, 0.2) is 12.2 Å². The largest absolute Gasteiger partial charge is 0.472 e. The summed E-state index contributed by atoms with van der Waals surface area (Å²) >= 11 is 0. The van der Waals surface area contributed by atoms with Crippen LogP contribution in [0.3, 0.4) is 0 Å². The summed E-state index contributed by atoms with van der Waals surface area (Å²) in [6.07, 6.45) is 65.9. The quantitative estimate of drug-likeness (QED) is 0.0169. The monoisotopic (exact) mass is 1450 g/mol. The van der Waals surface area contributed by atoms with Gasteiger partial charge in [-0.2, -0.15) is 0 Å². The number of phosphoric acid groups is 2. The first-order chi connectivity index (χ1) is 48.0. The Morgan fingerprint density at radius 2 is 0.545 bits per heavy atom. The molecule has 3 N–H and O–H groups in total. The molecule has 5 atom stereocenters. The van der Waals surface area contributed by atoms with Crippen molar-refractivity contribution in [3.05, 3.63) is 24.3 Å². The van der Waals surface area contributed by atoms with E-state index in [0.717, 1.165) is 109 Å². The minimum absolute atomic E-state index is 0.0855. The van der Waals surface area contributed by atoms with Crippen molar-refractivity contribution >= 4 is 39.5 Å². The number of unbranched alkanes of at least 4 members (excludes halogenated alkanes) is 47. The molecule has 584 valence electrons. The number of carbonyl (C=O) groups is 4. The Hall–Kier alpha value is -2.46. The molecule has 0 saturated carbocycles. The van der Waals surface area contributed by atoms with E-state index < -0.39 is 97.5 Å². The van der Waals surface area contributed by atoms with Crippen LogP contribution in [0.15, 0.2) is 24.3 Å². The van der Waals surface area contributed by atoms with Crippen LogP contribution >= 0.6 is 15.6 Å². The maximum atomic E-state index is 13.1. The second kappa shape index (κ2) is 72.5. The fourth-order valence-corrected chi connectivity index (χ4v) is 13.4. The molecule has 0 heterocycles. The van der Waals surface area contributed by atoms with E-state index in [9.17, 15) is 43.2 Å². The highest BCUT2D eigenvalue weighted by atomic mass is 31.2. The van der Waals surface area contributed by atoms with Crippen molar-refractivity contribution in [3.8, 4) is 0 Å². The number of aliphatic hydroxyl groups is 1. The smallest absolute Gasteiger partial charge is 0.462 e. The van der Waals surface area contributed by atoms with Gasteiger partial charge in [-0.05, 0) is 57.3 Å². The third-order valence-electron chi connectivity index (χ3n) is 18.2. The van der Waals surface area contributed by atoms with Gasteiger partial charge in [-0.3, -0.25) is 37.3 Å². The lowest BCUT2D eigenvalue weighted by molar-refractivity contribution is -0.161. The Labute approximate surface area is 605 Å². The molecule has 0 aliphatic rings. The topological polar surface area (TPSA) is 237 Å². The fourth-order valence-electron chi connectivity index (χ4n) is 11.9. The molecule has 99 heavy (non-hydrogen) atoms. The van der Waals surface area contributed by atoms with E-state index >= 15 is 0 Å². The first-order valence-corrected chi connectivity index (χ1v) is 43.9. The van der Waals surface area contributed by atoms with Crippen molar-refractivity contribution < 1.29 is 80.2 Å². The van der Waals surface area contributed by atoms with Gasteiger partial charge in [0, 0.05) is 25.7 Å². The van der Waals surface area contributed by atoms with Crippen LogP contribution in [0, 0.1) is 5.92 Å². The predicted octanol–water partition coefficient (Wildman–Crippen LogP) is 23.6. The highest BCUT2D eigenvalue weighted by Crippen LogP contribution is 2.45. The van der Waals surface area contributed by atoms with Crippen molar-refractivity contribution in [2.24, 2.45) is 5.92 Å². The van der Waals surface area contributed by atoms with Gasteiger partial charge >= 0.3 is 39.5 Å². The summed E-state index contributed by atoms with van der Waals surface area (Å²) in [5.41, 5.74) is 0. The molecular formula is C80H152O17P2. The molecule has 0 saturated heterocycles. The second-order valence-corrected chi connectivity index (χ2v) is 31.5. The van der Waals surface area contributed by atoms with E-state index in [-0.39, 0.29) is 25.7 Å². The van der Waals surface area contributed by atoms with Gasteiger partial charge in [-0.25, -0.2) is 9.13 Å². The third-order valence-corrected chi connectivity index (χ3v) is 20.1. The molecular weight excluding hydrogens is 1290 g/mol. The van der Waals surface area contributed by atoms with E-state index in [1.807, 2.05) is 0 Å². The molecule has 17 nitrogen and oxygen atoms in total. The average molecular weight is 1450 g/mol. The standard InChI is InChI=1S/C80H152O17P2/c1-6-9-12-15-18-21-24-26-28-29-30-32-36-41-46-51-56-61-66-80(85)97-76(70-91-78(83)64-59-54-49-44-39-37-33-34-38-42-47-52-57-62-73(4)5)72-95-99(88,89)93-68-74(81)67-92-98(86,87)94-71-75(69-90-77(82)63-58-53-48-43-23-20-17-14-11-8-3)96-79(84)65-60-55-50-45-40-35-31-27-25-22-19-16-13-10-7-2/h22,25,27,31,73-76,81H,6-21,23-24,26,28-30,32-72H2,1-5H3,(H,86,87)(H,88,89)/b25-22-,31-27-/t74-,75+,76+/m0/s1. The van der Waals surface area contributed by atoms with Gasteiger partial charge < -0.3 is 33.8 Å². The zero-order chi connectivity index (χ0) is 72.7. The summed E-state index contributed by atoms with van der Waals surface area (Å²) in [5.74, 6) is -1.35. The number of carbonyl (C=O) groups excluding carboxylic acids is 4. The van der Waals surface area contributed by atoms with Crippen LogP contribution in [-0.4, -0.2) is 96.7 Å². The lowest BCUT2D eigenvalue weighted by Crippen LogP contribution is -2.30. The van der Waals surface area contributed by atoms with Crippen molar-refractivity contribution in [1.29, 1.82) is 0 Å². The second-order valence-electron chi connectivity index (χ2n) is 28.6. The number of aliphatic hydroxyl groups excluding tert-OH is 1. The minimum atomic E-state index is -4.96. The maximum Gasteiger partial charge on any atom is 0.472 e. The Morgan fingerprint density at radius 1 is 0.313 bits per heavy atom. The Balaban J connectivity index is 5.27. The van der Waals surface area contributed by atoms with Crippen LogP contribution in [-0.2, 0) is 65.4 Å². The molecule has 0 aromatic heterocycles. The average Bonchev–Trinajstić information content (AvgIpc) is 1.08. The van der Waals surface area contributed by atoms with Crippen LogP contribution in [0.25, 0.3) is 0 Å². The molecule has 0 aromatic rings. The summed E-state index contributed by atoms with van der Waals surface area (Å²) in [5, 5.41) is 10.6. The van der Waals surface area contributed by atoms with Gasteiger partial charge in [-0.15, -0.1) is 0 Å². The lowest BCUT2D eigenvalue weighted by Gasteiger charge is -2.21. The lowest BCUT2D eigenvalue weighted by atomic mass is 10.0. The van der Waals surface area contributed by atoms with Crippen LogP contribution in [0.4, 0.5) is 0 Å². The molecule has 0 aliphatic heterocycles. The highest BCUT2D eigenvalue weighted by Gasteiger charge is 2.30. The van der Waals surface area contributed by atoms with Crippen LogP contribution in [0.2, 0.25) is 0 Å². The molecule has 0 aliphatic carbocycles. The van der Waals surface area contributed by atoms with Gasteiger partial charge in [0.2, 0.25) is 0 Å². The fraction of sp³-hybridized carbons (Fsp3) is 0.900. The zero-order valence-corrected chi connectivity index (χ0v) is 65.9. The van der Waals surface area contributed by atoms with Crippen molar-refractivity contribution in [3.63, 3.8) is 0 Å². The first kappa shape index (κ1) is 96.5. The molecule has 0 rings (SSSR count). The Morgan fingerprint density at radius 3 is 0.828 bits per heavy atom. The van der Waals surface area contributed by atoms with E-state index in [4.69, 9.17) is 37.0 Å².